The summed E-state index contributed by atoms with van der Waals surface area (Å²) in [4.78, 5) is 8.42. The number of ether oxygens (including phenoxy) is 1. The van der Waals surface area contributed by atoms with Gasteiger partial charge in [-0.15, -0.1) is 0 Å². The molecule has 5 atom stereocenters. The van der Waals surface area contributed by atoms with Crippen LogP contribution in [0.25, 0.3) is 11.0 Å². The van der Waals surface area contributed by atoms with Crippen LogP contribution in [-0.4, -0.2) is 48.2 Å². The van der Waals surface area contributed by atoms with Crippen LogP contribution in [0.2, 0.25) is 0 Å². The second-order valence-corrected chi connectivity index (χ2v) is 6.69. The van der Waals surface area contributed by atoms with Crippen molar-refractivity contribution in [2.75, 3.05) is 0 Å². The third-order valence-corrected chi connectivity index (χ3v) is 5.08. The first kappa shape index (κ1) is 17.1. The van der Waals surface area contributed by atoms with Gasteiger partial charge in [0.2, 0.25) is 0 Å². The molecule has 1 aliphatic rings. The molecule has 0 aliphatic carbocycles. The Bertz CT molecular complexity index is 941. The first-order valence-electron chi connectivity index (χ1n) is 8.52. The van der Waals surface area contributed by atoms with Gasteiger partial charge in [-0.2, -0.15) is 0 Å². The molecular weight excluding hydrogens is 334 g/mol. The van der Waals surface area contributed by atoms with E-state index in [9.17, 15) is 15.3 Å². The van der Waals surface area contributed by atoms with E-state index in [0.29, 0.717) is 11.2 Å². The molecule has 0 radical (unpaired) electrons. The summed E-state index contributed by atoms with van der Waals surface area (Å²) >= 11 is 0. The topological polar surface area (TPSA) is 101 Å². The molecule has 1 aromatic carbocycles. The Hall–Kier alpha value is -2.32. The van der Waals surface area contributed by atoms with Crippen LogP contribution in [0.3, 0.4) is 0 Å². The molecule has 3 aromatic rings. The number of aromatic nitrogens is 3. The van der Waals surface area contributed by atoms with Crippen molar-refractivity contribution in [2.45, 2.75) is 44.5 Å². The summed E-state index contributed by atoms with van der Waals surface area (Å²) in [5, 5.41) is 32.6. The molecule has 0 amide bonds. The van der Waals surface area contributed by atoms with Gasteiger partial charge in [0.05, 0.1) is 5.69 Å². The molecule has 26 heavy (non-hydrogen) atoms. The molecule has 3 N–H and O–H groups in total. The molecule has 0 bridgehead atoms. The van der Waals surface area contributed by atoms with Crippen LogP contribution in [0, 0.1) is 13.8 Å². The quantitative estimate of drug-likeness (QED) is 0.657. The molecular formula is C19H21N3O4. The number of aryl methyl sites for hydroxylation is 2. The van der Waals surface area contributed by atoms with E-state index in [1.807, 2.05) is 38.1 Å². The Morgan fingerprint density at radius 3 is 2.62 bits per heavy atom. The van der Waals surface area contributed by atoms with Crippen LogP contribution in [0.1, 0.15) is 29.2 Å². The van der Waals surface area contributed by atoms with Crippen molar-refractivity contribution >= 4 is 11.0 Å². The molecule has 3 heterocycles. The molecule has 4 rings (SSSR count). The summed E-state index contributed by atoms with van der Waals surface area (Å²) < 4.78 is 7.57. The van der Waals surface area contributed by atoms with Gasteiger partial charge in [0, 0.05) is 11.6 Å². The zero-order valence-electron chi connectivity index (χ0n) is 14.5. The fourth-order valence-electron chi connectivity index (χ4n) is 3.57. The van der Waals surface area contributed by atoms with Gasteiger partial charge in [0.25, 0.3) is 0 Å². The van der Waals surface area contributed by atoms with E-state index in [0.717, 1.165) is 16.6 Å². The van der Waals surface area contributed by atoms with Crippen LogP contribution in [0.5, 0.6) is 0 Å². The van der Waals surface area contributed by atoms with E-state index in [1.165, 1.54) is 6.33 Å². The fraction of sp³-hybridized carbons (Fsp3) is 0.368. The molecule has 1 aliphatic heterocycles. The molecule has 7 heteroatoms. The van der Waals surface area contributed by atoms with Crippen LogP contribution in [-0.2, 0) is 4.74 Å². The lowest BCUT2D eigenvalue weighted by Gasteiger charge is -2.22. The Morgan fingerprint density at radius 2 is 1.85 bits per heavy atom. The number of nitrogens with zero attached hydrogens (tertiary/aromatic N) is 3. The Balaban J connectivity index is 1.68. The standard InChI is InChI=1S/C19H21N3O4/c1-10-5-3-4-6-12(10)14(23)17-15(24)16(25)19(26-17)22-8-7-13-11(2)20-9-21-18(13)22/h3-9,14-17,19,23-25H,1-2H3/t14-,15+,16-,17-,19-/m1/s1. The average molecular weight is 355 g/mol. The smallest absolute Gasteiger partial charge is 0.164 e. The first-order valence-corrected chi connectivity index (χ1v) is 8.52. The van der Waals surface area contributed by atoms with Crippen molar-refractivity contribution < 1.29 is 20.1 Å². The zero-order chi connectivity index (χ0) is 18.4. The fourth-order valence-corrected chi connectivity index (χ4v) is 3.57. The van der Waals surface area contributed by atoms with Crippen molar-refractivity contribution in [3.63, 3.8) is 0 Å². The van der Waals surface area contributed by atoms with Gasteiger partial charge in [0.15, 0.2) is 6.23 Å². The number of fused-ring (bicyclic) bond motifs is 1. The maximum atomic E-state index is 10.7. The lowest BCUT2D eigenvalue weighted by atomic mass is 9.96. The van der Waals surface area contributed by atoms with Crippen LogP contribution in [0.4, 0.5) is 0 Å². The maximum Gasteiger partial charge on any atom is 0.164 e. The summed E-state index contributed by atoms with van der Waals surface area (Å²) in [6.45, 7) is 3.76. The Morgan fingerprint density at radius 1 is 1.08 bits per heavy atom. The van der Waals surface area contributed by atoms with Gasteiger partial charge in [-0.05, 0) is 31.0 Å². The van der Waals surface area contributed by atoms with Crippen molar-refractivity contribution in [1.29, 1.82) is 0 Å². The average Bonchev–Trinajstić information content (AvgIpc) is 3.18. The predicted octanol–water partition coefficient (Wildman–Crippen LogP) is 1.40. The van der Waals surface area contributed by atoms with Crippen molar-refractivity contribution in [3.8, 4) is 0 Å². The van der Waals surface area contributed by atoms with Gasteiger partial charge in [-0.1, -0.05) is 24.3 Å². The van der Waals surface area contributed by atoms with Crippen molar-refractivity contribution in [1.82, 2.24) is 14.5 Å². The van der Waals surface area contributed by atoms with Crippen LogP contribution < -0.4 is 0 Å². The number of benzene rings is 1. The van der Waals surface area contributed by atoms with E-state index < -0.39 is 30.6 Å². The minimum absolute atomic E-state index is 0.611. The van der Waals surface area contributed by atoms with E-state index in [1.54, 1.807) is 16.8 Å². The second-order valence-electron chi connectivity index (χ2n) is 6.69. The molecule has 136 valence electrons. The monoisotopic (exact) mass is 355 g/mol. The molecule has 1 saturated heterocycles. The summed E-state index contributed by atoms with van der Waals surface area (Å²) in [7, 11) is 0. The summed E-state index contributed by atoms with van der Waals surface area (Å²) in [5.74, 6) is 0. The predicted molar refractivity (Wildman–Crippen MR) is 94.3 cm³/mol. The Labute approximate surface area is 150 Å². The molecule has 7 nitrogen and oxygen atoms in total. The van der Waals surface area contributed by atoms with Crippen molar-refractivity contribution in [3.05, 3.63) is 59.7 Å². The number of hydrogen-bond acceptors (Lipinski definition) is 6. The zero-order valence-corrected chi connectivity index (χ0v) is 14.5. The minimum Gasteiger partial charge on any atom is -0.387 e. The van der Waals surface area contributed by atoms with Crippen LogP contribution in [0.15, 0.2) is 42.9 Å². The van der Waals surface area contributed by atoms with Gasteiger partial charge >= 0.3 is 0 Å². The maximum absolute atomic E-state index is 10.7. The molecule has 1 fully saturated rings. The van der Waals surface area contributed by atoms with Gasteiger partial charge in [-0.25, -0.2) is 9.97 Å². The lowest BCUT2D eigenvalue weighted by molar-refractivity contribution is -0.0849. The highest BCUT2D eigenvalue weighted by Gasteiger charge is 2.47. The van der Waals surface area contributed by atoms with E-state index in [-0.39, 0.29) is 0 Å². The van der Waals surface area contributed by atoms with Crippen LogP contribution >= 0.6 is 0 Å². The highest BCUT2D eigenvalue weighted by atomic mass is 16.6. The SMILES string of the molecule is Cc1ccccc1[C@@H](O)[C@H]1O[C@@H](n2ccc3c(C)ncnc32)[C@H](O)[C@@H]1O. The van der Waals surface area contributed by atoms with E-state index in [4.69, 9.17) is 4.74 Å². The molecule has 0 unspecified atom stereocenters. The summed E-state index contributed by atoms with van der Waals surface area (Å²) in [6, 6.07) is 9.21. The third-order valence-electron chi connectivity index (χ3n) is 5.08. The van der Waals surface area contributed by atoms with E-state index in [2.05, 4.69) is 9.97 Å². The number of hydrogen-bond donors (Lipinski definition) is 3. The molecule has 2 aromatic heterocycles. The number of rotatable bonds is 3. The van der Waals surface area contributed by atoms with E-state index >= 15 is 0 Å². The lowest BCUT2D eigenvalue weighted by Crippen LogP contribution is -2.35. The van der Waals surface area contributed by atoms with Gasteiger partial charge in [0.1, 0.15) is 36.4 Å². The van der Waals surface area contributed by atoms with Gasteiger partial charge in [-0.3, -0.25) is 0 Å². The third kappa shape index (κ3) is 2.60. The normalized spacial score (nSPS) is 27.1. The molecule has 0 spiro atoms. The summed E-state index contributed by atoms with van der Waals surface area (Å²) in [5.41, 5.74) is 2.99. The number of aliphatic hydroxyl groups excluding tert-OH is 3. The largest absolute Gasteiger partial charge is 0.387 e. The van der Waals surface area contributed by atoms with Gasteiger partial charge < -0.3 is 24.6 Å². The molecule has 0 saturated carbocycles. The summed E-state index contributed by atoms with van der Waals surface area (Å²) in [6.07, 6.45) is -2.07. The van der Waals surface area contributed by atoms with Crippen molar-refractivity contribution in [2.24, 2.45) is 0 Å². The highest BCUT2D eigenvalue weighted by Crippen LogP contribution is 2.38. The highest BCUT2D eigenvalue weighted by molar-refractivity contribution is 5.78. The first-order chi connectivity index (χ1) is 12.5. The number of aliphatic hydroxyl groups is 3. The Kier molecular flexibility index (Phi) is 4.24. The second kappa shape index (κ2) is 6.44. The minimum atomic E-state index is -1.23.